The van der Waals surface area contributed by atoms with E-state index < -0.39 is 31.1 Å². The third-order valence-electron chi connectivity index (χ3n) is 1.98. The fourth-order valence-corrected chi connectivity index (χ4v) is 1.47. The number of pyridine rings is 1. The summed E-state index contributed by atoms with van der Waals surface area (Å²) in [4.78, 5) is 26.0. The maximum Gasteiger partial charge on any atom is 0.406 e. The lowest BCUT2D eigenvalue weighted by Crippen LogP contribution is -2.42. The first kappa shape index (κ1) is 15.2. The number of aromatic nitrogens is 1. The minimum Gasteiger partial charge on any atom is -0.480 e. The van der Waals surface area contributed by atoms with E-state index in [2.05, 4.69) is 4.98 Å². The van der Waals surface area contributed by atoms with Crippen LogP contribution in [0, 0.1) is 0 Å². The van der Waals surface area contributed by atoms with Gasteiger partial charge in [-0.15, -0.1) is 0 Å². The molecule has 5 nitrogen and oxygen atoms in total. The molecule has 0 saturated carbocycles. The standard InChI is InChI=1S/C10H8ClF3N2O3/c11-7-1-2-15-3-6(7)9(19)16(4-8(17)18)5-10(12,13)14/h1-3H,4-5H2,(H,17,18). The molecular formula is C10H8ClF3N2O3. The van der Waals surface area contributed by atoms with Crippen LogP contribution in [-0.2, 0) is 4.79 Å². The van der Waals surface area contributed by atoms with Gasteiger partial charge in [0, 0.05) is 12.4 Å². The van der Waals surface area contributed by atoms with Crippen molar-refractivity contribution in [1.29, 1.82) is 0 Å². The largest absolute Gasteiger partial charge is 0.480 e. The van der Waals surface area contributed by atoms with E-state index >= 15 is 0 Å². The smallest absolute Gasteiger partial charge is 0.406 e. The first-order valence-corrected chi connectivity index (χ1v) is 5.26. The van der Waals surface area contributed by atoms with Crippen LogP contribution < -0.4 is 0 Å². The Hall–Kier alpha value is -1.83. The number of alkyl halides is 3. The molecule has 0 fully saturated rings. The van der Waals surface area contributed by atoms with Gasteiger partial charge in [0.1, 0.15) is 13.1 Å². The number of nitrogens with zero attached hydrogens (tertiary/aromatic N) is 2. The van der Waals surface area contributed by atoms with Gasteiger partial charge in [-0.1, -0.05) is 11.6 Å². The molecule has 19 heavy (non-hydrogen) atoms. The monoisotopic (exact) mass is 296 g/mol. The predicted octanol–water partition coefficient (Wildman–Crippen LogP) is 1.82. The highest BCUT2D eigenvalue weighted by Crippen LogP contribution is 2.20. The van der Waals surface area contributed by atoms with Gasteiger partial charge in [-0.2, -0.15) is 13.2 Å². The topological polar surface area (TPSA) is 70.5 Å². The van der Waals surface area contributed by atoms with Crippen LogP contribution in [0.3, 0.4) is 0 Å². The number of carbonyl (C=O) groups excluding carboxylic acids is 1. The van der Waals surface area contributed by atoms with Crippen molar-refractivity contribution >= 4 is 23.5 Å². The number of hydrogen-bond donors (Lipinski definition) is 1. The first-order valence-electron chi connectivity index (χ1n) is 4.88. The van der Waals surface area contributed by atoms with Crippen LogP contribution in [0.25, 0.3) is 0 Å². The second-order valence-electron chi connectivity index (χ2n) is 3.53. The van der Waals surface area contributed by atoms with Crippen LogP contribution in [0.1, 0.15) is 10.4 Å². The number of carboxylic acid groups (broad SMARTS) is 1. The highest BCUT2D eigenvalue weighted by atomic mass is 35.5. The number of aliphatic carboxylic acids is 1. The summed E-state index contributed by atoms with van der Waals surface area (Å²) in [5.41, 5.74) is -0.283. The Balaban J connectivity index is 3.01. The van der Waals surface area contributed by atoms with Gasteiger partial charge in [0.05, 0.1) is 10.6 Å². The van der Waals surface area contributed by atoms with Crippen molar-refractivity contribution in [2.75, 3.05) is 13.1 Å². The van der Waals surface area contributed by atoms with Gasteiger partial charge in [0.25, 0.3) is 5.91 Å². The Labute approximate surface area is 110 Å². The average Bonchev–Trinajstić information content (AvgIpc) is 2.25. The van der Waals surface area contributed by atoms with E-state index in [-0.39, 0.29) is 15.5 Å². The Kier molecular flexibility index (Phi) is 4.71. The van der Waals surface area contributed by atoms with Crippen LogP contribution in [0.4, 0.5) is 13.2 Å². The van der Waals surface area contributed by atoms with Gasteiger partial charge < -0.3 is 10.0 Å². The molecule has 0 atom stereocenters. The molecule has 1 aromatic rings. The maximum atomic E-state index is 12.3. The van der Waals surface area contributed by atoms with E-state index in [1.807, 2.05) is 0 Å². The zero-order valence-corrected chi connectivity index (χ0v) is 10.1. The van der Waals surface area contributed by atoms with Crippen molar-refractivity contribution in [3.8, 4) is 0 Å². The number of carboxylic acids is 1. The van der Waals surface area contributed by atoms with E-state index in [1.165, 1.54) is 12.3 Å². The number of halogens is 4. The molecule has 0 aromatic carbocycles. The summed E-state index contributed by atoms with van der Waals surface area (Å²) in [6.45, 7) is -2.76. The normalized spacial score (nSPS) is 11.2. The summed E-state index contributed by atoms with van der Waals surface area (Å²) < 4.78 is 36.9. The minimum absolute atomic E-state index is 0.0995. The zero-order chi connectivity index (χ0) is 14.6. The van der Waals surface area contributed by atoms with E-state index in [1.54, 1.807) is 0 Å². The Bertz CT molecular complexity index is 493. The lowest BCUT2D eigenvalue weighted by molar-refractivity contribution is -0.149. The average molecular weight is 297 g/mol. The summed E-state index contributed by atoms with van der Waals surface area (Å²) in [5.74, 6) is -2.70. The zero-order valence-electron chi connectivity index (χ0n) is 9.32. The SMILES string of the molecule is O=C(O)CN(CC(F)(F)F)C(=O)c1cnccc1Cl. The molecule has 1 aromatic heterocycles. The molecule has 1 N–H and O–H groups in total. The number of rotatable bonds is 4. The fourth-order valence-electron chi connectivity index (χ4n) is 1.28. The van der Waals surface area contributed by atoms with Crippen molar-refractivity contribution < 1.29 is 27.9 Å². The summed E-state index contributed by atoms with van der Waals surface area (Å²) in [7, 11) is 0. The van der Waals surface area contributed by atoms with Crippen LogP contribution >= 0.6 is 11.6 Å². The van der Waals surface area contributed by atoms with Crippen LogP contribution in [0.15, 0.2) is 18.5 Å². The second-order valence-corrected chi connectivity index (χ2v) is 3.93. The predicted molar refractivity (Wildman–Crippen MR) is 58.8 cm³/mol. The molecule has 1 heterocycles. The molecule has 0 aliphatic carbocycles. The summed E-state index contributed by atoms with van der Waals surface area (Å²) >= 11 is 5.65. The quantitative estimate of drug-likeness (QED) is 0.920. The third-order valence-corrected chi connectivity index (χ3v) is 2.31. The highest BCUT2D eigenvalue weighted by molar-refractivity contribution is 6.33. The molecule has 1 amide bonds. The molecule has 0 unspecified atom stereocenters. The maximum absolute atomic E-state index is 12.3. The lowest BCUT2D eigenvalue weighted by Gasteiger charge is -2.22. The molecular weight excluding hydrogens is 289 g/mol. The Morgan fingerprint density at radius 2 is 2.05 bits per heavy atom. The van der Waals surface area contributed by atoms with Gasteiger partial charge >= 0.3 is 12.1 Å². The lowest BCUT2D eigenvalue weighted by atomic mass is 10.2. The van der Waals surface area contributed by atoms with Crippen LogP contribution in [-0.4, -0.2) is 46.1 Å². The molecule has 1 rings (SSSR count). The molecule has 104 valence electrons. The number of carbonyl (C=O) groups is 2. The number of amides is 1. The van der Waals surface area contributed by atoms with Crippen molar-refractivity contribution in [3.05, 3.63) is 29.0 Å². The molecule has 9 heteroatoms. The van der Waals surface area contributed by atoms with Gasteiger partial charge in [0.15, 0.2) is 0 Å². The summed E-state index contributed by atoms with van der Waals surface area (Å²) in [6.07, 6.45) is -2.47. The molecule has 0 saturated heterocycles. The summed E-state index contributed by atoms with van der Waals surface area (Å²) in [5, 5.41) is 8.44. The minimum atomic E-state index is -4.71. The van der Waals surface area contributed by atoms with Crippen molar-refractivity contribution in [2.24, 2.45) is 0 Å². The van der Waals surface area contributed by atoms with Crippen molar-refractivity contribution in [2.45, 2.75) is 6.18 Å². The van der Waals surface area contributed by atoms with E-state index in [0.29, 0.717) is 0 Å². The highest BCUT2D eigenvalue weighted by Gasteiger charge is 2.34. The van der Waals surface area contributed by atoms with Crippen LogP contribution in [0.5, 0.6) is 0 Å². The van der Waals surface area contributed by atoms with Gasteiger partial charge in [-0.3, -0.25) is 14.6 Å². The second kappa shape index (κ2) is 5.87. The van der Waals surface area contributed by atoms with Gasteiger partial charge in [-0.05, 0) is 6.07 Å². The molecule has 0 aliphatic rings. The van der Waals surface area contributed by atoms with Crippen molar-refractivity contribution in [1.82, 2.24) is 9.88 Å². The van der Waals surface area contributed by atoms with E-state index in [4.69, 9.17) is 16.7 Å². The Morgan fingerprint density at radius 3 is 2.53 bits per heavy atom. The fraction of sp³-hybridized carbons (Fsp3) is 0.300. The van der Waals surface area contributed by atoms with Gasteiger partial charge in [-0.25, -0.2) is 0 Å². The van der Waals surface area contributed by atoms with Crippen molar-refractivity contribution in [3.63, 3.8) is 0 Å². The third kappa shape index (κ3) is 4.74. The summed E-state index contributed by atoms with van der Waals surface area (Å²) in [6, 6.07) is 1.22. The van der Waals surface area contributed by atoms with E-state index in [0.717, 1.165) is 6.20 Å². The van der Waals surface area contributed by atoms with Crippen LogP contribution in [0.2, 0.25) is 5.02 Å². The molecule has 0 bridgehead atoms. The van der Waals surface area contributed by atoms with E-state index in [9.17, 15) is 22.8 Å². The Morgan fingerprint density at radius 1 is 1.42 bits per heavy atom. The number of hydrogen-bond acceptors (Lipinski definition) is 3. The van der Waals surface area contributed by atoms with Gasteiger partial charge in [0.2, 0.25) is 0 Å². The molecule has 0 radical (unpaired) electrons. The molecule has 0 aliphatic heterocycles. The molecule has 0 spiro atoms. The first-order chi connectivity index (χ1) is 8.70.